The Balaban J connectivity index is 2.28. The molecule has 112 valence electrons. The second-order valence-corrected chi connectivity index (χ2v) is 7.78. The number of nitrogens with zero attached hydrogens (tertiary/aromatic N) is 2. The Morgan fingerprint density at radius 3 is 3.05 bits per heavy atom. The first-order valence-corrected chi connectivity index (χ1v) is 9.52. The van der Waals surface area contributed by atoms with Gasteiger partial charge in [0, 0.05) is 31.6 Å². The van der Waals surface area contributed by atoms with Gasteiger partial charge in [0.25, 0.3) is 0 Å². The highest BCUT2D eigenvalue weighted by molar-refractivity contribution is 7.99. The standard InChI is InChI=1S/C13H21N3O2S2/c1-2-6-14-13-12(5-3-7-15-13)20(17,18)16-8-4-10-19-11-9-16/h3,5,7H,2,4,6,8-11H2,1H3,(H,14,15). The van der Waals surface area contributed by atoms with Gasteiger partial charge in [0.1, 0.15) is 10.7 Å². The van der Waals surface area contributed by atoms with Gasteiger partial charge in [-0.05, 0) is 30.7 Å². The van der Waals surface area contributed by atoms with Crippen molar-refractivity contribution in [3.63, 3.8) is 0 Å². The number of hydrogen-bond acceptors (Lipinski definition) is 5. The monoisotopic (exact) mass is 315 g/mol. The van der Waals surface area contributed by atoms with E-state index in [1.165, 1.54) is 0 Å². The molecule has 2 rings (SSSR count). The number of anilines is 1. The van der Waals surface area contributed by atoms with Crippen molar-refractivity contribution in [2.75, 3.05) is 36.5 Å². The second-order valence-electron chi connectivity index (χ2n) is 4.65. The van der Waals surface area contributed by atoms with Gasteiger partial charge in [-0.15, -0.1) is 0 Å². The fraction of sp³-hybridized carbons (Fsp3) is 0.615. The van der Waals surface area contributed by atoms with Crippen LogP contribution in [0.1, 0.15) is 19.8 Å². The lowest BCUT2D eigenvalue weighted by Gasteiger charge is -2.21. The lowest BCUT2D eigenvalue weighted by Crippen LogP contribution is -2.33. The van der Waals surface area contributed by atoms with E-state index in [0.29, 0.717) is 23.8 Å². The molecule has 1 aliphatic heterocycles. The molecule has 0 bridgehead atoms. The van der Waals surface area contributed by atoms with Gasteiger partial charge in [-0.2, -0.15) is 16.1 Å². The van der Waals surface area contributed by atoms with Crippen molar-refractivity contribution >= 4 is 27.6 Å². The van der Waals surface area contributed by atoms with Crippen molar-refractivity contribution in [3.8, 4) is 0 Å². The zero-order valence-electron chi connectivity index (χ0n) is 11.7. The van der Waals surface area contributed by atoms with E-state index >= 15 is 0 Å². The molecule has 0 spiro atoms. The van der Waals surface area contributed by atoms with Gasteiger partial charge in [-0.1, -0.05) is 6.92 Å². The Morgan fingerprint density at radius 2 is 2.25 bits per heavy atom. The van der Waals surface area contributed by atoms with Crippen molar-refractivity contribution in [2.24, 2.45) is 0 Å². The highest BCUT2D eigenvalue weighted by atomic mass is 32.2. The number of rotatable bonds is 5. The van der Waals surface area contributed by atoms with Crippen molar-refractivity contribution in [1.82, 2.24) is 9.29 Å². The molecule has 0 saturated carbocycles. The maximum atomic E-state index is 12.8. The van der Waals surface area contributed by atoms with Crippen LogP contribution in [0.5, 0.6) is 0 Å². The van der Waals surface area contributed by atoms with Gasteiger partial charge >= 0.3 is 0 Å². The summed E-state index contributed by atoms with van der Waals surface area (Å²) in [4.78, 5) is 4.47. The van der Waals surface area contributed by atoms with Crippen LogP contribution in [0, 0.1) is 0 Å². The molecule has 0 amide bonds. The molecule has 1 aromatic heterocycles. The van der Waals surface area contributed by atoms with E-state index in [4.69, 9.17) is 0 Å². The summed E-state index contributed by atoms with van der Waals surface area (Å²) in [5.74, 6) is 2.35. The first-order chi connectivity index (χ1) is 9.66. The first-order valence-electron chi connectivity index (χ1n) is 6.93. The third-order valence-corrected chi connectivity index (χ3v) is 6.09. The Kier molecular flexibility index (Phi) is 5.68. The van der Waals surface area contributed by atoms with Gasteiger partial charge in [-0.3, -0.25) is 0 Å². The van der Waals surface area contributed by atoms with Gasteiger partial charge in [0.05, 0.1) is 0 Å². The average molecular weight is 315 g/mol. The van der Waals surface area contributed by atoms with E-state index in [1.807, 2.05) is 18.7 Å². The number of hydrogen-bond donors (Lipinski definition) is 1. The highest BCUT2D eigenvalue weighted by Gasteiger charge is 2.28. The Morgan fingerprint density at radius 1 is 1.40 bits per heavy atom. The molecule has 2 heterocycles. The van der Waals surface area contributed by atoms with Crippen molar-refractivity contribution in [1.29, 1.82) is 0 Å². The second kappa shape index (κ2) is 7.28. The molecule has 0 unspecified atom stereocenters. The van der Waals surface area contributed by atoms with Gasteiger partial charge in [0.15, 0.2) is 0 Å². The number of sulfonamides is 1. The molecule has 7 heteroatoms. The molecule has 0 aromatic carbocycles. The number of pyridine rings is 1. The molecule has 0 radical (unpaired) electrons. The van der Waals surface area contributed by atoms with Crippen molar-refractivity contribution < 1.29 is 8.42 Å². The van der Waals surface area contributed by atoms with Crippen LogP contribution in [-0.2, 0) is 10.0 Å². The van der Waals surface area contributed by atoms with Crippen LogP contribution in [0.3, 0.4) is 0 Å². The van der Waals surface area contributed by atoms with E-state index in [1.54, 1.807) is 22.6 Å². The highest BCUT2D eigenvalue weighted by Crippen LogP contribution is 2.24. The minimum Gasteiger partial charge on any atom is -0.369 e. The van der Waals surface area contributed by atoms with Gasteiger partial charge in [-0.25, -0.2) is 13.4 Å². The number of nitrogens with one attached hydrogen (secondary N) is 1. The minimum absolute atomic E-state index is 0.292. The Hall–Kier alpha value is -0.790. The summed E-state index contributed by atoms with van der Waals surface area (Å²) < 4.78 is 27.1. The SMILES string of the molecule is CCCNc1ncccc1S(=O)(=O)N1CCCSCC1. The summed E-state index contributed by atoms with van der Waals surface area (Å²) in [5.41, 5.74) is 0. The maximum Gasteiger partial charge on any atom is 0.246 e. The normalized spacial score (nSPS) is 17.6. The summed E-state index contributed by atoms with van der Waals surface area (Å²) in [6, 6.07) is 3.31. The smallest absolute Gasteiger partial charge is 0.246 e. The lowest BCUT2D eigenvalue weighted by molar-refractivity contribution is 0.435. The molecule has 1 aromatic rings. The average Bonchev–Trinajstić information content (AvgIpc) is 2.75. The predicted molar refractivity (Wildman–Crippen MR) is 83.7 cm³/mol. The van der Waals surface area contributed by atoms with Crippen LogP contribution in [0.15, 0.2) is 23.2 Å². The first kappa shape index (κ1) is 15.6. The Labute approximate surface area is 125 Å². The largest absolute Gasteiger partial charge is 0.369 e. The van der Waals surface area contributed by atoms with Crippen molar-refractivity contribution in [3.05, 3.63) is 18.3 Å². The van der Waals surface area contributed by atoms with E-state index in [9.17, 15) is 8.42 Å². The summed E-state index contributed by atoms with van der Waals surface area (Å²) in [6.45, 7) is 3.93. The quantitative estimate of drug-likeness (QED) is 0.901. The topological polar surface area (TPSA) is 62.3 Å². The molecule has 0 aliphatic carbocycles. The van der Waals surface area contributed by atoms with Crippen LogP contribution in [0.25, 0.3) is 0 Å². The fourth-order valence-corrected chi connectivity index (χ4v) is 4.68. The molecule has 1 fully saturated rings. The van der Waals surface area contributed by atoms with Crippen molar-refractivity contribution in [2.45, 2.75) is 24.7 Å². The molecule has 1 N–H and O–H groups in total. The van der Waals surface area contributed by atoms with E-state index in [2.05, 4.69) is 10.3 Å². The van der Waals surface area contributed by atoms with E-state index in [-0.39, 0.29) is 0 Å². The summed E-state index contributed by atoms with van der Waals surface area (Å²) >= 11 is 1.81. The molecule has 1 saturated heterocycles. The fourth-order valence-electron chi connectivity index (χ4n) is 2.08. The third kappa shape index (κ3) is 3.65. The zero-order valence-corrected chi connectivity index (χ0v) is 13.3. The molecule has 20 heavy (non-hydrogen) atoms. The van der Waals surface area contributed by atoms with Crippen LogP contribution in [0.4, 0.5) is 5.82 Å². The number of aromatic nitrogens is 1. The van der Waals surface area contributed by atoms with Crippen LogP contribution < -0.4 is 5.32 Å². The third-order valence-electron chi connectivity index (χ3n) is 3.11. The van der Waals surface area contributed by atoms with E-state index in [0.717, 1.165) is 30.9 Å². The Bertz CT molecular complexity index is 526. The molecular formula is C13H21N3O2S2. The van der Waals surface area contributed by atoms with Gasteiger partial charge < -0.3 is 5.32 Å². The molecule has 1 aliphatic rings. The van der Waals surface area contributed by atoms with Crippen LogP contribution in [0.2, 0.25) is 0 Å². The lowest BCUT2D eigenvalue weighted by atomic mass is 10.4. The number of thioether (sulfide) groups is 1. The van der Waals surface area contributed by atoms with Gasteiger partial charge in [0.2, 0.25) is 10.0 Å². The summed E-state index contributed by atoms with van der Waals surface area (Å²) in [5, 5.41) is 3.10. The molecule has 5 nitrogen and oxygen atoms in total. The van der Waals surface area contributed by atoms with Crippen LogP contribution in [-0.4, -0.2) is 48.8 Å². The zero-order chi connectivity index (χ0) is 14.4. The predicted octanol–water partition coefficient (Wildman–Crippen LogP) is 2.03. The van der Waals surface area contributed by atoms with E-state index < -0.39 is 10.0 Å². The summed E-state index contributed by atoms with van der Waals surface area (Å²) in [6.07, 6.45) is 3.45. The van der Waals surface area contributed by atoms with Crippen LogP contribution >= 0.6 is 11.8 Å². The minimum atomic E-state index is -3.45. The summed E-state index contributed by atoms with van der Waals surface area (Å²) in [7, 11) is -3.45. The molecule has 0 atom stereocenters. The molecular weight excluding hydrogens is 294 g/mol. The maximum absolute atomic E-state index is 12.8.